The Bertz CT molecular complexity index is 651. The summed E-state index contributed by atoms with van der Waals surface area (Å²) in [6, 6.07) is 9.79. The van der Waals surface area contributed by atoms with Crippen molar-refractivity contribution < 1.29 is 19.2 Å². The SMILES string of the molecule is CC[C@H](C)[C@H](NC(=O)c1cc(-c2ccccc2)on1)C(=O)O. The summed E-state index contributed by atoms with van der Waals surface area (Å²) in [4.78, 5) is 23.4. The third kappa shape index (κ3) is 3.52. The maximum Gasteiger partial charge on any atom is 0.326 e. The van der Waals surface area contributed by atoms with Gasteiger partial charge in [-0.25, -0.2) is 4.79 Å². The summed E-state index contributed by atoms with van der Waals surface area (Å²) < 4.78 is 5.14. The lowest BCUT2D eigenvalue weighted by Gasteiger charge is -2.19. The number of aromatic nitrogens is 1. The van der Waals surface area contributed by atoms with E-state index in [0.29, 0.717) is 12.2 Å². The number of carboxylic acids is 1. The Kier molecular flexibility index (Phi) is 4.93. The zero-order chi connectivity index (χ0) is 16.1. The highest BCUT2D eigenvalue weighted by atomic mass is 16.5. The molecule has 0 saturated heterocycles. The fraction of sp³-hybridized carbons (Fsp3) is 0.312. The van der Waals surface area contributed by atoms with Gasteiger partial charge in [-0.05, 0) is 5.92 Å². The van der Waals surface area contributed by atoms with Gasteiger partial charge in [-0.1, -0.05) is 55.8 Å². The Hall–Kier alpha value is -2.63. The van der Waals surface area contributed by atoms with Gasteiger partial charge >= 0.3 is 5.97 Å². The number of hydrogen-bond acceptors (Lipinski definition) is 4. The van der Waals surface area contributed by atoms with Crippen molar-refractivity contribution in [2.24, 2.45) is 5.92 Å². The van der Waals surface area contributed by atoms with Crippen LogP contribution in [-0.2, 0) is 4.79 Å². The van der Waals surface area contributed by atoms with Crippen LogP contribution >= 0.6 is 0 Å². The molecular formula is C16H18N2O4. The molecule has 1 amide bonds. The maximum absolute atomic E-state index is 12.1. The molecule has 6 heteroatoms. The van der Waals surface area contributed by atoms with Gasteiger partial charge in [-0.3, -0.25) is 4.79 Å². The first-order valence-electron chi connectivity index (χ1n) is 7.08. The lowest BCUT2D eigenvalue weighted by Crippen LogP contribution is -2.45. The molecule has 1 heterocycles. The fourth-order valence-corrected chi connectivity index (χ4v) is 2.02. The number of amides is 1. The molecule has 116 valence electrons. The van der Waals surface area contributed by atoms with E-state index < -0.39 is 17.9 Å². The summed E-state index contributed by atoms with van der Waals surface area (Å²) in [7, 11) is 0. The van der Waals surface area contributed by atoms with Gasteiger partial charge in [0, 0.05) is 11.6 Å². The lowest BCUT2D eigenvalue weighted by molar-refractivity contribution is -0.140. The van der Waals surface area contributed by atoms with Crippen LogP contribution in [0.4, 0.5) is 0 Å². The summed E-state index contributed by atoms with van der Waals surface area (Å²) in [5, 5.41) is 15.4. The second-order valence-electron chi connectivity index (χ2n) is 5.12. The van der Waals surface area contributed by atoms with Crippen LogP contribution in [-0.4, -0.2) is 28.2 Å². The third-order valence-electron chi connectivity index (χ3n) is 3.57. The normalized spacial score (nSPS) is 13.4. The Morgan fingerprint density at radius 1 is 1.32 bits per heavy atom. The second kappa shape index (κ2) is 6.89. The number of benzene rings is 1. The molecule has 2 rings (SSSR count). The molecule has 6 nitrogen and oxygen atoms in total. The molecule has 2 aromatic rings. The topological polar surface area (TPSA) is 92.4 Å². The van der Waals surface area contributed by atoms with Crippen LogP contribution in [0.5, 0.6) is 0 Å². The summed E-state index contributed by atoms with van der Waals surface area (Å²) in [6.45, 7) is 3.65. The summed E-state index contributed by atoms with van der Waals surface area (Å²) in [6.07, 6.45) is 0.644. The van der Waals surface area contributed by atoms with E-state index >= 15 is 0 Å². The summed E-state index contributed by atoms with van der Waals surface area (Å²) in [5.74, 6) is -1.34. The standard InChI is InChI=1S/C16H18N2O4/c1-3-10(2)14(16(20)21)17-15(19)12-9-13(22-18-12)11-7-5-4-6-8-11/h4-10,14H,3H2,1-2H3,(H,17,19)(H,20,21)/t10-,14-/m0/s1. The second-order valence-corrected chi connectivity index (χ2v) is 5.12. The fourth-order valence-electron chi connectivity index (χ4n) is 2.02. The van der Waals surface area contributed by atoms with Crippen molar-refractivity contribution in [1.29, 1.82) is 0 Å². The van der Waals surface area contributed by atoms with E-state index in [1.165, 1.54) is 6.07 Å². The Morgan fingerprint density at radius 3 is 2.59 bits per heavy atom. The van der Waals surface area contributed by atoms with Crippen LogP contribution in [0, 0.1) is 5.92 Å². The number of hydrogen-bond donors (Lipinski definition) is 2. The average Bonchev–Trinajstić information content (AvgIpc) is 3.02. The first-order valence-corrected chi connectivity index (χ1v) is 7.08. The molecule has 0 spiro atoms. The van der Waals surface area contributed by atoms with Crippen LogP contribution in [0.1, 0.15) is 30.8 Å². The van der Waals surface area contributed by atoms with Crippen molar-refractivity contribution in [2.45, 2.75) is 26.3 Å². The maximum atomic E-state index is 12.1. The minimum atomic E-state index is -1.06. The highest BCUT2D eigenvalue weighted by Gasteiger charge is 2.27. The molecule has 0 bridgehead atoms. The van der Waals surface area contributed by atoms with Crippen molar-refractivity contribution in [3.63, 3.8) is 0 Å². The average molecular weight is 302 g/mol. The predicted molar refractivity (Wildman–Crippen MR) is 80.3 cm³/mol. The van der Waals surface area contributed by atoms with Crippen molar-refractivity contribution in [2.75, 3.05) is 0 Å². The van der Waals surface area contributed by atoms with Gasteiger partial charge < -0.3 is 14.9 Å². The number of rotatable bonds is 6. The van der Waals surface area contributed by atoms with E-state index in [9.17, 15) is 14.7 Å². The minimum Gasteiger partial charge on any atom is -0.480 e. The molecule has 0 saturated carbocycles. The first-order chi connectivity index (χ1) is 10.5. The van der Waals surface area contributed by atoms with E-state index in [1.54, 1.807) is 6.92 Å². The van der Waals surface area contributed by atoms with E-state index in [-0.39, 0.29) is 11.6 Å². The Morgan fingerprint density at radius 2 is 2.00 bits per heavy atom. The molecule has 0 radical (unpaired) electrons. The largest absolute Gasteiger partial charge is 0.480 e. The smallest absolute Gasteiger partial charge is 0.326 e. The van der Waals surface area contributed by atoms with Crippen molar-refractivity contribution in [1.82, 2.24) is 10.5 Å². The molecule has 2 atom stereocenters. The molecule has 1 aromatic heterocycles. The van der Waals surface area contributed by atoms with Gasteiger partial charge in [0.1, 0.15) is 6.04 Å². The van der Waals surface area contributed by atoms with Crippen molar-refractivity contribution >= 4 is 11.9 Å². The van der Waals surface area contributed by atoms with E-state index in [4.69, 9.17) is 4.52 Å². The molecule has 0 unspecified atom stereocenters. The van der Waals surface area contributed by atoms with Gasteiger partial charge in [-0.15, -0.1) is 0 Å². The van der Waals surface area contributed by atoms with E-state index in [0.717, 1.165) is 5.56 Å². The molecule has 0 fully saturated rings. The number of carbonyl (C=O) groups excluding carboxylic acids is 1. The summed E-state index contributed by atoms with van der Waals surface area (Å²) in [5.41, 5.74) is 0.860. The molecular weight excluding hydrogens is 284 g/mol. The van der Waals surface area contributed by atoms with E-state index in [1.807, 2.05) is 37.3 Å². The number of nitrogens with zero attached hydrogens (tertiary/aromatic N) is 1. The molecule has 0 aliphatic carbocycles. The van der Waals surface area contributed by atoms with Crippen LogP contribution in [0.15, 0.2) is 40.9 Å². The van der Waals surface area contributed by atoms with Gasteiger partial charge in [0.15, 0.2) is 11.5 Å². The number of aliphatic carboxylic acids is 1. The first kappa shape index (κ1) is 15.8. The van der Waals surface area contributed by atoms with Gasteiger partial charge in [0.05, 0.1) is 0 Å². The molecule has 0 aliphatic heterocycles. The zero-order valence-electron chi connectivity index (χ0n) is 12.4. The zero-order valence-corrected chi connectivity index (χ0v) is 12.4. The Labute approximate surface area is 128 Å². The van der Waals surface area contributed by atoms with Crippen molar-refractivity contribution in [3.8, 4) is 11.3 Å². The highest BCUT2D eigenvalue weighted by Crippen LogP contribution is 2.20. The highest BCUT2D eigenvalue weighted by molar-refractivity contribution is 5.95. The van der Waals surface area contributed by atoms with E-state index in [2.05, 4.69) is 10.5 Å². The number of carboxylic acid groups (broad SMARTS) is 1. The van der Waals surface area contributed by atoms with Crippen LogP contribution in [0.2, 0.25) is 0 Å². The molecule has 0 aliphatic rings. The molecule has 2 N–H and O–H groups in total. The van der Waals surface area contributed by atoms with Gasteiger partial charge in [0.2, 0.25) is 0 Å². The quantitative estimate of drug-likeness (QED) is 0.855. The summed E-state index contributed by atoms with van der Waals surface area (Å²) >= 11 is 0. The minimum absolute atomic E-state index is 0.0633. The van der Waals surface area contributed by atoms with Crippen molar-refractivity contribution in [3.05, 3.63) is 42.1 Å². The monoisotopic (exact) mass is 302 g/mol. The number of carbonyl (C=O) groups is 2. The van der Waals surface area contributed by atoms with Gasteiger partial charge in [-0.2, -0.15) is 0 Å². The van der Waals surface area contributed by atoms with Crippen LogP contribution in [0.3, 0.4) is 0 Å². The lowest BCUT2D eigenvalue weighted by atomic mass is 9.99. The molecule has 1 aromatic carbocycles. The van der Waals surface area contributed by atoms with Crippen LogP contribution in [0.25, 0.3) is 11.3 Å². The van der Waals surface area contributed by atoms with Crippen LogP contribution < -0.4 is 5.32 Å². The predicted octanol–water partition coefficient (Wildman–Crippen LogP) is 2.57. The number of nitrogens with one attached hydrogen (secondary N) is 1. The van der Waals surface area contributed by atoms with Gasteiger partial charge in [0.25, 0.3) is 5.91 Å². The third-order valence-corrected chi connectivity index (χ3v) is 3.57. The molecule has 22 heavy (non-hydrogen) atoms. The Balaban J connectivity index is 2.13.